The van der Waals surface area contributed by atoms with Crippen LogP contribution in [0.15, 0.2) is 0 Å². The molecule has 0 saturated carbocycles. The third kappa shape index (κ3) is 5.39. The van der Waals surface area contributed by atoms with Crippen LogP contribution in [-0.4, -0.2) is 36.1 Å². The van der Waals surface area contributed by atoms with Crippen LogP contribution in [0.1, 0.15) is 66.2 Å². The molecule has 2 nitrogen and oxygen atoms in total. The molecule has 17 heavy (non-hydrogen) atoms. The van der Waals surface area contributed by atoms with Gasteiger partial charge in [-0.15, -0.1) is 0 Å². The van der Waals surface area contributed by atoms with Gasteiger partial charge in [0.15, 0.2) is 0 Å². The van der Waals surface area contributed by atoms with Crippen LogP contribution < -0.4 is 5.32 Å². The normalized spacial score (nSPS) is 28.2. The van der Waals surface area contributed by atoms with E-state index >= 15 is 0 Å². The SMILES string of the molecule is CCCCCCCC(C)N1CC(C)NCC1C. The van der Waals surface area contributed by atoms with Crippen molar-refractivity contribution in [3.05, 3.63) is 0 Å². The monoisotopic (exact) mass is 240 g/mol. The second-order valence-corrected chi connectivity index (χ2v) is 5.91. The van der Waals surface area contributed by atoms with Crippen molar-refractivity contribution in [3.63, 3.8) is 0 Å². The first-order valence-corrected chi connectivity index (χ1v) is 7.64. The minimum absolute atomic E-state index is 0.661. The van der Waals surface area contributed by atoms with Gasteiger partial charge in [0, 0.05) is 31.2 Å². The van der Waals surface area contributed by atoms with Crippen molar-refractivity contribution in [2.45, 2.75) is 84.3 Å². The molecule has 1 heterocycles. The third-order valence-corrected chi connectivity index (χ3v) is 4.10. The molecule has 0 bridgehead atoms. The van der Waals surface area contributed by atoms with E-state index in [4.69, 9.17) is 0 Å². The van der Waals surface area contributed by atoms with Crippen molar-refractivity contribution in [2.75, 3.05) is 13.1 Å². The number of hydrogen-bond donors (Lipinski definition) is 1. The number of nitrogens with one attached hydrogen (secondary N) is 1. The number of hydrogen-bond acceptors (Lipinski definition) is 2. The van der Waals surface area contributed by atoms with Crippen molar-refractivity contribution < 1.29 is 0 Å². The van der Waals surface area contributed by atoms with Crippen LogP contribution >= 0.6 is 0 Å². The Balaban J connectivity index is 2.18. The Hall–Kier alpha value is -0.0800. The van der Waals surface area contributed by atoms with Crippen molar-refractivity contribution in [1.82, 2.24) is 10.2 Å². The van der Waals surface area contributed by atoms with E-state index in [9.17, 15) is 0 Å². The van der Waals surface area contributed by atoms with E-state index in [1.165, 1.54) is 45.1 Å². The second kappa shape index (κ2) is 8.10. The zero-order valence-electron chi connectivity index (χ0n) is 12.3. The average molecular weight is 240 g/mol. The molecular weight excluding hydrogens is 208 g/mol. The van der Waals surface area contributed by atoms with Gasteiger partial charge in [0.25, 0.3) is 0 Å². The summed E-state index contributed by atoms with van der Waals surface area (Å²) < 4.78 is 0. The van der Waals surface area contributed by atoms with Crippen LogP contribution in [0.4, 0.5) is 0 Å². The quantitative estimate of drug-likeness (QED) is 0.686. The van der Waals surface area contributed by atoms with Gasteiger partial charge in [0.05, 0.1) is 0 Å². The molecule has 1 saturated heterocycles. The zero-order chi connectivity index (χ0) is 12.7. The Morgan fingerprint density at radius 3 is 2.59 bits per heavy atom. The highest BCUT2D eigenvalue weighted by Crippen LogP contribution is 2.16. The third-order valence-electron chi connectivity index (χ3n) is 4.10. The molecule has 0 aromatic heterocycles. The molecule has 0 amide bonds. The maximum Gasteiger partial charge on any atom is 0.0195 e. The first kappa shape index (κ1) is 15.0. The maximum atomic E-state index is 3.56. The van der Waals surface area contributed by atoms with Crippen molar-refractivity contribution in [2.24, 2.45) is 0 Å². The molecule has 1 aliphatic rings. The van der Waals surface area contributed by atoms with Gasteiger partial charge in [-0.3, -0.25) is 4.90 Å². The topological polar surface area (TPSA) is 15.3 Å². The van der Waals surface area contributed by atoms with E-state index in [-0.39, 0.29) is 0 Å². The first-order valence-electron chi connectivity index (χ1n) is 7.64. The summed E-state index contributed by atoms with van der Waals surface area (Å²) in [6, 6.07) is 2.13. The van der Waals surface area contributed by atoms with Crippen LogP contribution in [0.3, 0.4) is 0 Å². The van der Waals surface area contributed by atoms with E-state index in [0.29, 0.717) is 12.1 Å². The molecule has 1 rings (SSSR count). The van der Waals surface area contributed by atoms with Gasteiger partial charge >= 0.3 is 0 Å². The molecule has 3 unspecified atom stereocenters. The van der Waals surface area contributed by atoms with Gasteiger partial charge in [-0.1, -0.05) is 39.0 Å². The number of unbranched alkanes of at least 4 members (excludes halogenated alkanes) is 4. The fourth-order valence-electron chi connectivity index (χ4n) is 2.87. The summed E-state index contributed by atoms with van der Waals surface area (Å²) in [5.74, 6) is 0. The van der Waals surface area contributed by atoms with Gasteiger partial charge in [-0.05, 0) is 27.2 Å². The Kier molecular flexibility index (Phi) is 7.14. The summed E-state index contributed by atoms with van der Waals surface area (Å²) >= 11 is 0. The van der Waals surface area contributed by atoms with E-state index in [2.05, 4.69) is 37.9 Å². The molecule has 0 radical (unpaired) electrons. The Labute approximate surface area is 108 Å². The van der Waals surface area contributed by atoms with E-state index in [1.807, 2.05) is 0 Å². The summed E-state index contributed by atoms with van der Waals surface area (Å²) in [7, 11) is 0. The lowest BCUT2D eigenvalue weighted by atomic mass is 10.0. The Morgan fingerprint density at radius 1 is 1.18 bits per heavy atom. The Morgan fingerprint density at radius 2 is 1.88 bits per heavy atom. The predicted molar refractivity (Wildman–Crippen MR) is 76.5 cm³/mol. The largest absolute Gasteiger partial charge is 0.311 e. The molecule has 0 spiro atoms. The molecule has 0 aliphatic carbocycles. The summed E-state index contributed by atoms with van der Waals surface area (Å²) in [5, 5.41) is 3.56. The molecular formula is C15H32N2. The second-order valence-electron chi connectivity index (χ2n) is 5.91. The molecule has 1 fully saturated rings. The number of nitrogens with zero attached hydrogens (tertiary/aromatic N) is 1. The van der Waals surface area contributed by atoms with Crippen LogP contribution in [0.2, 0.25) is 0 Å². The van der Waals surface area contributed by atoms with E-state index in [0.717, 1.165) is 12.6 Å². The number of rotatable bonds is 7. The van der Waals surface area contributed by atoms with Crippen LogP contribution in [0.5, 0.6) is 0 Å². The highest BCUT2D eigenvalue weighted by atomic mass is 15.2. The molecule has 3 atom stereocenters. The highest BCUT2D eigenvalue weighted by Gasteiger charge is 2.25. The molecule has 102 valence electrons. The molecule has 0 aromatic rings. The average Bonchev–Trinajstić information content (AvgIpc) is 2.32. The van der Waals surface area contributed by atoms with Gasteiger partial charge in [-0.2, -0.15) is 0 Å². The van der Waals surface area contributed by atoms with Crippen molar-refractivity contribution in [3.8, 4) is 0 Å². The lowest BCUT2D eigenvalue weighted by Crippen LogP contribution is -2.56. The standard InChI is InChI=1S/C15H32N2/c1-5-6-7-8-9-10-14(3)17-12-13(2)16-11-15(17)4/h13-16H,5-12H2,1-4H3. The molecule has 2 heteroatoms. The summed E-state index contributed by atoms with van der Waals surface area (Å²) in [6.07, 6.45) is 8.40. The highest BCUT2D eigenvalue weighted by molar-refractivity contribution is 4.84. The van der Waals surface area contributed by atoms with Crippen LogP contribution in [0.25, 0.3) is 0 Å². The van der Waals surface area contributed by atoms with Gasteiger partial charge in [-0.25, -0.2) is 0 Å². The molecule has 1 aliphatic heterocycles. The summed E-state index contributed by atoms with van der Waals surface area (Å²) in [5.41, 5.74) is 0. The van der Waals surface area contributed by atoms with E-state index < -0.39 is 0 Å². The molecule has 0 aromatic carbocycles. The minimum Gasteiger partial charge on any atom is -0.311 e. The predicted octanol–water partition coefficient (Wildman–Crippen LogP) is 3.42. The smallest absolute Gasteiger partial charge is 0.0195 e. The maximum absolute atomic E-state index is 3.56. The zero-order valence-corrected chi connectivity index (χ0v) is 12.3. The van der Waals surface area contributed by atoms with Crippen molar-refractivity contribution in [1.29, 1.82) is 0 Å². The summed E-state index contributed by atoms with van der Waals surface area (Å²) in [4.78, 5) is 2.70. The lowest BCUT2D eigenvalue weighted by Gasteiger charge is -2.41. The van der Waals surface area contributed by atoms with E-state index in [1.54, 1.807) is 0 Å². The number of piperazine rings is 1. The van der Waals surface area contributed by atoms with Crippen LogP contribution in [-0.2, 0) is 0 Å². The minimum atomic E-state index is 0.661. The van der Waals surface area contributed by atoms with Gasteiger partial charge in [0.2, 0.25) is 0 Å². The van der Waals surface area contributed by atoms with Gasteiger partial charge in [0.1, 0.15) is 0 Å². The Bertz CT molecular complexity index is 193. The fourth-order valence-corrected chi connectivity index (χ4v) is 2.87. The summed E-state index contributed by atoms with van der Waals surface area (Å²) in [6.45, 7) is 11.7. The van der Waals surface area contributed by atoms with Crippen molar-refractivity contribution >= 4 is 0 Å². The first-order chi connectivity index (χ1) is 8.15. The molecule has 1 N–H and O–H groups in total. The van der Waals surface area contributed by atoms with Gasteiger partial charge < -0.3 is 5.32 Å². The fraction of sp³-hybridized carbons (Fsp3) is 1.00. The van der Waals surface area contributed by atoms with Crippen LogP contribution in [0, 0.1) is 0 Å². The lowest BCUT2D eigenvalue weighted by molar-refractivity contribution is 0.0972.